The second-order valence-corrected chi connectivity index (χ2v) is 7.93. The minimum absolute atomic E-state index is 0.289. The van der Waals surface area contributed by atoms with E-state index in [0.717, 1.165) is 29.5 Å². The van der Waals surface area contributed by atoms with Gasteiger partial charge in [-0.2, -0.15) is 0 Å². The van der Waals surface area contributed by atoms with E-state index in [-0.39, 0.29) is 13.2 Å². The zero-order valence-corrected chi connectivity index (χ0v) is 15.2. The van der Waals surface area contributed by atoms with Crippen molar-refractivity contribution in [2.75, 3.05) is 26.8 Å². The van der Waals surface area contributed by atoms with E-state index in [1.807, 2.05) is 19.2 Å². The van der Waals surface area contributed by atoms with Gasteiger partial charge in [-0.25, -0.2) is 0 Å². The molecular formula is C16H21ClNO4P. The number of hydrogen-bond acceptors (Lipinski definition) is 5. The fourth-order valence-corrected chi connectivity index (χ4v) is 5.01. The number of nitrogens with zero attached hydrogens (tertiary/aromatic N) is 1. The smallest absolute Gasteiger partial charge is 0.396 e. The summed E-state index contributed by atoms with van der Waals surface area (Å²) >= 11 is 6.38. The van der Waals surface area contributed by atoms with Gasteiger partial charge in [0.25, 0.3) is 0 Å². The number of benzene rings is 1. The average Bonchev–Trinajstić information content (AvgIpc) is 2.76. The minimum atomic E-state index is -3.48. The van der Waals surface area contributed by atoms with Crippen molar-refractivity contribution in [1.29, 1.82) is 0 Å². The maximum absolute atomic E-state index is 13.2. The first-order chi connectivity index (χ1) is 11.0. The summed E-state index contributed by atoms with van der Waals surface area (Å²) in [5, 5.41) is 1.67. The minimum Gasteiger partial charge on any atom is -0.448 e. The second kappa shape index (κ2) is 6.58. The molecule has 5 nitrogen and oxygen atoms in total. The van der Waals surface area contributed by atoms with E-state index in [1.165, 1.54) is 0 Å². The maximum Gasteiger partial charge on any atom is 0.396 e. The van der Waals surface area contributed by atoms with Gasteiger partial charge in [-0.3, -0.25) is 4.57 Å². The van der Waals surface area contributed by atoms with E-state index in [9.17, 15) is 4.57 Å². The lowest BCUT2D eigenvalue weighted by atomic mass is 10.1. The summed E-state index contributed by atoms with van der Waals surface area (Å²) in [6, 6.07) is 3.65. The number of likely N-dealkylation sites (N-methyl/N-ethyl adjacent to an activating group) is 1. The van der Waals surface area contributed by atoms with Crippen LogP contribution >= 0.6 is 19.2 Å². The quantitative estimate of drug-likeness (QED) is 0.758. The van der Waals surface area contributed by atoms with Gasteiger partial charge in [0, 0.05) is 29.1 Å². The molecule has 0 spiro atoms. The highest BCUT2D eigenvalue weighted by Gasteiger charge is 2.37. The van der Waals surface area contributed by atoms with Gasteiger partial charge < -0.3 is 18.4 Å². The summed E-state index contributed by atoms with van der Waals surface area (Å²) in [5.74, 6) is 0. The van der Waals surface area contributed by atoms with Crippen LogP contribution in [0.2, 0.25) is 5.02 Å². The second-order valence-electron chi connectivity index (χ2n) is 5.61. The van der Waals surface area contributed by atoms with Crippen molar-refractivity contribution >= 4 is 35.7 Å². The first-order valence-corrected chi connectivity index (χ1v) is 9.73. The predicted molar refractivity (Wildman–Crippen MR) is 91.8 cm³/mol. The van der Waals surface area contributed by atoms with Crippen molar-refractivity contribution in [3.8, 4) is 0 Å². The molecule has 0 atom stereocenters. The van der Waals surface area contributed by atoms with Crippen molar-refractivity contribution in [2.24, 2.45) is 0 Å². The van der Waals surface area contributed by atoms with Gasteiger partial charge in [0.15, 0.2) is 0 Å². The molecule has 1 aromatic carbocycles. The van der Waals surface area contributed by atoms with E-state index in [2.05, 4.69) is 4.90 Å². The summed E-state index contributed by atoms with van der Waals surface area (Å²) in [6.45, 7) is 5.66. The standard InChI is InChI=1S/C16H21ClNO4P/c1-4-20-23(19,21-5-2)16-12-10-18(3)9-8-11-13(17)6-7-14(22-16)15(11)12/h6-7H,4-5,8-10H2,1-3H3. The highest BCUT2D eigenvalue weighted by Crippen LogP contribution is 2.50. The fraction of sp³-hybridized carbons (Fsp3) is 0.500. The Kier molecular flexibility index (Phi) is 4.86. The zero-order chi connectivity index (χ0) is 16.6. The first-order valence-electron chi connectivity index (χ1n) is 7.81. The molecule has 126 valence electrons. The van der Waals surface area contributed by atoms with Crippen molar-refractivity contribution in [3.05, 3.63) is 28.3 Å². The molecule has 0 radical (unpaired) electrons. The topological polar surface area (TPSA) is 51.9 Å². The van der Waals surface area contributed by atoms with Gasteiger partial charge in [0.05, 0.1) is 13.2 Å². The first kappa shape index (κ1) is 17.0. The summed E-state index contributed by atoms with van der Waals surface area (Å²) < 4.78 is 30.1. The summed E-state index contributed by atoms with van der Waals surface area (Å²) in [6.07, 6.45) is 0.826. The molecule has 0 saturated carbocycles. The van der Waals surface area contributed by atoms with Crippen LogP contribution in [0.15, 0.2) is 16.5 Å². The molecule has 0 unspecified atom stereocenters. The lowest BCUT2D eigenvalue weighted by molar-refractivity contribution is 0.225. The molecule has 7 heteroatoms. The van der Waals surface area contributed by atoms with E-state index >= 15 is 0 Å². The molecule has 2 heterocycles. The van der Waals surface area contributed by atoms with Gasteiger partial charge in [-0.1, -0.05) is 11.6 Å². The lowest BCUT2D eigenvalue weighted by Gasteiger charge is -2.18. The van der Waals surface area contributed by atoms with Gasteiger partial charge >= 0.3 is 7.60 Å². The normalized spacial score (nSPS) is 16.0. The third-order valence-electron chi connectivity index (χ3n) is 4.00. The van der Waals surface area contributed by atoms with Crippen LogP contribution in [-0.4, -0.2) is 31.7 Å². The number of rotatable bonds is 5. The molecule has 1 aromatic heterocycles. The van der Waals surface area contributed by atoms with Crippen LogP contribution in [0, 0.1) is 0 Å². The van der Waals surface area contributed by atoms with Crippen LogP contribution in [0.5, 0.6) is 0 Å². The number of furan rings is 1. The van der Waals surface area contributed by atoms with Crippen molar-refractivity contribution in [2.45, 2.75) is 26.8 Å². The third-order valence-corrected chi connectivity index (χ3v) is 6.41. The molecule has 1 aliphatic heterocycles. The summed E-state index contributed by atoms with van der Waals surface area (Å²) in [4.78, 5) is 2.16. The van der Waals surface area contributed by atoms with Crippen LogP contribution in [0.3, 0.4) is 0 Å². The molecule has 2 aromatic rings. The van der Waals surface area contributed by atoms with Crippen LogP contribution < -0.4 is 5.50 Å². The van der Waals surface area contributed by atoms with Crippen molar-refractivity contribution in [3.63, 3.8) is 0 Å². The van der Waals surface area contributed by atoms with E-state index in [4.69, 9.17) is 25.1 Å². The Bertz CT molecular complexity index is 763. The molecule has 0 saturated heterocycles. The fourth-order valence-electron chi connectivity index (χ4n) is 3.05. The summed E-state index contributed by atoms with van der Waals surface area (Å²) in [5.41, 5.74) is 2.90. The Morgan fingerprint density at radius 1 is 1.26 bits per heavy atom. The molecular weight excluding hydrogens is 337 g/mol. The van der Waals surface area contributed by atoms with Gasteiger partial charge in [-0.05, 0) is 45.0 Å². The highest BCUT2D eigenvalue weighted by atomic mass is 35.5. The molecule has 0 aliphatic carbocycles. The van der Waals surface area contributed by atoms with E-state index in [0.29, 0.717) is 22.7 Å². The Morgan fingerprint density at radius 3 is 2.61 bits per heavy atom. The van der Waals surface area contributed by atoms with Crippen molar-refractivity contribution < 1.29 is 18.0 Å². The van der Waals surface area contributed by atoms with Gasteiger partial charge in [0.2, 0.25) is 5.50 Å². The average molecular weight is 358 g/mol. The molecule has 1 aliphatic rings. The third kappa shape index (κ3) is 2.97. The monoisotopic (exact) mass is 357 g/mol. The predicted octanol–water partition coefficient (Wildman–Crippen LogP) is 3.97. The van der Waals surface area contributed by atoms with Gasteiger partial charge in [0.1, 0.15) is 5.58 Å². The van der Waals surface area contributed by atoms with Crippen molar-refractivity contribution in [1.82, 2.24) is 4.90 Å². The number of hydrogen-bond donors (Lipinski definition) is 0. The molecule has 0 amide bonds. The molecule has 23 heavy (non-hydrogen) atoms. The van der Waals surface area contributed by atoms with E-state index < -0.39 is 7.60 Å². The molecule has 3 rings (SSSR count). The van der Waals surface area contributed by atoms with Crippen LogP contribution in [-0.2, 0) is 26.6 Å². The largest absolute Gasteiger partial charge is 0.448 e. The lowest BCUT2D eigenvalue weighted by Crippen LogP contribution is -2.22. The number of halogens is 1. The Labute approximate surface area is 141 Å². The molecule has 0 bridgehead atoms. The Hall–Kier alpha value is -0.840. The Balaban J connectivity index is 2.27. The van der Waals surface area contributed by atoms with Gasteiger partial charge in [-0.15, -0.1) is 0 Å². The maximum atomic E-state index is 13.2. The Morgan fingerprint density at radius 2 is 1.96 bits per heavy atom. The zero-order valence-electron chi connectivity index (χ0n) is 13.6. The molecule has 0 N–H and O–H groups in total. The van der Waals surface area contributed by atoms with Crippen LogP contribution in [0.1, 0.15) is 25.0 Å². The molecule has 0 fully saturated rings. The highest BCUT2D eigenvalue weighted by molar-refractivity contribution is 7.61. The SMILES string of the molecule is CCOP(=O)(OCC)c1oc2ccc(Cl)c3c2c1CN(C)CC3. The van der Waals surface area contributed by atoms with Crippen LogP contribution in [0.25, 0.3) is 11.0 Å². The summed E-state index contributed by atoms with van der Waals surface area (Å²) in [7, 11) is -1.46. The van der Waals surface area contributed by atoms with E-state index in [1.54, 1.807) is 13.8 Å². The van der Waals surface area contributed by atoms with Crippen LogP contribution in [0.4, 0.5) is 0 Å².